The van der Waals surface area contributed by atoms with Crippen LogP contribution in [0.25, 0.3) is 10.9 Å². The summed E-state index contributed by atoms with van der Waals surface area (Å²) in [5, 5.41) is 6.68. The van der Waals surface area contributed by atoms with Crippen LogP contribution in [0.4, 0.5) is 11.4 Å². The number of nitrogens with one attached hydrogen (secondary N) is 2. The van der Waals surface area contributed by atoms with Crippen LogP contribution in [0.1, 0.15) is 16.8 Å². The predicted molar refractivity (Wildman–Crippen MR) is 104 cm³/mol. The van der Waals surface area contributed by atoms with Gasteiger partial charge in [-0.25, -0.2) is 0 Å². The van der Waals surface area contributed by atoms with E-state index in [4.69, 9.17) is 4.74 Å². The van der Waals surface area contributed by atoms with E-state index >= 15 is 0 Å². The maximum absolute atomic E-state index is 12.6. The topological polar surface area (TPSA) is 80.3 Å². The lowest BCUT2D eigenvalue weighted by Crippen LogP contribution is -2.25. The van der Waals surface area contributed by atoms with Crippen molar-refractivity contribution in [3.8, 4) is 5.75 Å². The van der Waals surface area contributed by atoms with Crippen molar-refractivity contribution in [3.63, 3.8) is 0 Å². The van der Waals surface area contributed by atoms with Gasteiger partial charge in [-0.3, -0.25) is 14.6 Å². The zero-order valence-corrected chi connectivity index (χ0v) is 15.1. The number of para-hydroxylation sites is 1. The summed E-state index contributed by atoms with van der Waals surface area (Å²) in [5.41, 5.74) is 4.95. The third-order valence-corrected chi connectivity index (χ3v) is 4.72. The van der Waals surface area contributed by atoms with Gasteiger partial charge in [0.15, 0.2) is 6.61 Å². The number of benzene rings is 2. The standard InChI is InChI=1S/C21H19N3O3/c1-12-15-5-3-4-6-17(15)22-13(2)16(12)10-20(25)23-14-7-8-19-18(9-14)24-21(26)11-27-19/h3-9H,10-11H2,1-2H3,(H,23,25)(H,24,26). The van der Waals surface area contributed by atoms with Crippen LogP contribution >= 0.6 is 0 Å². The number of carbonyl (C=O) groups is 2. The van der Waals surface area contributed by atoms with Crippen LogP contribution in [0.15, 0.2) is 42.5 Å². The van der Waals surface area contributed by atoms with Crippen LogP contribution in [-0.2, 0) is 16.0 Å². The largest absolute Gasteiger partial charge is 0.482 e. The third-order valence-electron chi connectivity index (χ3n) is 4.72. The SMILES string of the molecule is Cc1nc2ccccc2c(C)c1CC(=O)Nc1ccc2c(c1)NC(=O)CO2. The van der Waals surface area contributed by atoms with E-state index in [1.807, 2.05) is 38.1 Å². The number of pyridine rings is 1. The molecule has 0 aliphatic carbocycles. The van der Waals surface area contributed by atoms with E-state index in [1.54, 1.807) is 18.2 Å². The molecule has 136 valence electrons. The van der Waals surface area contributed by atoms with E-state index in [-0.39, 0.29) is 24.8 Å². The molecule has 2 aromatic carbocycles. The molecule has 2 N–H and O–H groups in total. The molecule has 0 spiro atoms. The molecule has 0 radical (unpaired) electrons. The second kappa shape index (κ2) is 6.72. The Hall–Kier alpha value is -3.41. The first-order valence-corrected chi connectivity index (χ1v) is 8.72. The lowest BCUT2D eigenvalue weighted by molar-refractivity contribution is -0.118. The van der Waals surface area contributed by atoms with E-state index in [0.29, 0.717) is 17.1 Å². The third kappa shape index (κ3) is 3.33. The van der Waals surface area contributed by atoms with Gasteiger partial charge in [-0.15, -0.1) is 0 Å². The highest BCUT2D eigenvalue weighted by Gasteiger charge is 2.17. The van der Waals surface area contributed by atoms with Crippen LogP contribution in [0.3, 0.4) is 0 Å². The minimum absolute atomic E-state index is 0.00617. The Morgan fingerprint density at radius 1 is 1.22 bits per heavy atom. The average Bonchev–Trinajstić information content (AvgIpc) is 2.65. The summed E-state index contributed by atoms with van der Waals surface area (Å²) in [7, 11) is 0. The molecule has 0 atom stereocenters. The average molecular weight is 361 g/mol. The van der Waals surface area contributed by atoms with E-state index < -0.39 is 0 Å². The number of aromatic nitrogens is 1. The maximum Gasteiger partial charge on any atom is 0.262 e. The maximum atomic E-state index is 12.6. The molecule has 1 aromatic heterocycles. The fourth-order valence-corrected chi connectivity index (χ4v) is 3.36. The van der Waals surface area contributed by atoms with Crippen LogP contribution in [-0.4, -0.2) is 23.4 Å². The lowest BCUT2D eigenvalue weighted by atomic mass is 9.99. The first kappa shape index (κ1) is 17.0. The Morgan fingerprint density at radius 3 is 2.89 bits per heavy atom. The Balaban J connectivity index is 1.56. The van der Waals surface area contributed by atoms with Crippen molar-refractivity contribution in [1.82, 2.24) is 4.98 Å². The fourth-order valence-electron chi connectivity index (χ4n) is 3.36. The molecular formula is C21H19N3O3. The summed E-state index contributed by atoms with van der Waals surface area (Å²) in [4.78, 5) is 28.7. The van der Waals surface area contributed by atoms with Crippen LogP contribution in [0.5, 0.6) is 5.75 Å². The van der Waals surface area contributed by atoms with Crippen LogP contribution in [0.2, 0.25) is 0 Å². The number of hydrogen-bond donors (Lipinski definition) is 2. The highest BCUT2D eigenvalue weighted by Crippen LogP contribution is 2.30. The van der Waals surface area contributed by atoms with E-state index in [1.165, 1.54) is 0 Å². The minimum atomic E-state index is -0.209. The number of fused-ring (bicyclic) bond motifs is 2. The van der Waals surface area contributed by atoms with Crippen molar-refractivity contribution in [2.75, 3.05) is 17.2 Å². The molecule has 0 saturated heterocycles. The number of aryl methyl sites for hydroxylation is 2. The zero-order valence-electron chi connectivity index (χ0n) is 15.1. The van der Waals surface area contributed by atoms with Gasteiger partial charge in [0.05, 0.1) is 17.6 Å². The van der Waals surface area contributed by atoms with Gasteiger partial charge in [0.1, 0.15) is 5.75 Å². The van der Waals surface area contributed by atoms with Gasteiger partial charge in [0.25, 0.3) is 5.91 Å². The lowest BCUT2D eigenvalue weighted by Gasteiger charge is -2.19. The number of rotatable bonds is 3. The van der Waals surface area contributed by atoms with Crippen LogP contribution < -0.4 is 15.4 Å². The van der Waals surface area contributed by atoms with Crippen molar-refractivity contribution in [2.45, 2.75) is 20.3 Å². The van der Waals surface area contributed by atoms with Crippen molar-refractivity contribution in [2.24, 2.45) is 0 Å². The van der Waals surface area contributed by atoms with E-state index in [2.05, 4.69) is 15.6 Å². The Kier molecular flexibility index (Phi) is 4.24. The predicted octanol–water partition coefficient (Wildman–Crippen LogP) is 3.36. The van der Waals surface area contributed by atoms with Gasteiger partial charge in [-0.05, 0) is 49.2 Å². The first-order valence-electron chi connectivity index (χ1n) is 8.72. The molecule has 27 heavy (non-hydrogen) atoms. The molecule has 0 saturated carbocycles. The first-order chi connectivity index (χ1) is 13.0. The van der Waals surface area contributed by atoms with Gasteiger partial charge in [0, 0.05) is 16.8 Å². The summed E-state index contributed by atoms with van der Waals surface area (Å²) >= 11 is 0. The highest BCUT2D eigenvalue weighted by atomic mass is 16.5. The van der Waals surface area contributed by atoms with Crippen molar-refractivity contribution >= 4 is 34.1 Å². The molecule has 6 nitrogen and oxygen atoms in total. The molecule has 1 aliphatic rings. The molecule has 3 aromatic rings. The molecule has 0 unspecified atom stereocenters. The quantitative estimate of drug-likeness (QED) is 0.750. The Morgan fingerprint density at radius 2 is 2.04 bits per heavy atom. The van der Waals surface area contributed by atoms with Gasteiger partial charge in [-0.1, -0.05) is 18.2 Å². The number of nitrogens with zero attached hydrogens (tertiary/aromatic N) is 1. The fraction of sp³-hybridized carbons (Fsp3) is 0.190. The van der Waals surface area contributed by atoms with Gasteiger partial charge >= 0.3 is 0 Å². The summed E-state index contributed by atoms with van der Waals surface area (Å²) in [6, 6.07) is 13.1. The smallest absolute Gasteiger partial charge is 0.262 e. The molecule has 2 heterocycles. The number of carbonyl (C=O) groups excluding carboxylic acids is 2. The van der Waals surface area contributed by atoms with Crippen molar-refractivity contribution in [3.05, 3.63) is 59.3 Å². The molecule has 4 rings (SSSR count). The second-order valence-electron chi connectivity index (χ2n) is 6.59. The highest BCUT2D eigenvalue weighted by molar-refractivity contribution is 5.98. The van der Waals surface area contributed by atoms with E-state index in [0.717, 1.165) is 27.7 Å². The molecule has 6 heteroatoms. The van der Waals surface area contributed by atoms with Crippen molar-refractivity contribution in [1.29, 1.82) is 0 Å². The van der Waals surface area contributed by atoms with Gasteiger partial charge in [-0.2, -0.15) is 0 Å². The monoisotopic (exact) mass is 361 g/mol. The number of hydrogen-bond acceptors (Lipinski definition) is 4. The number of anilines is 2. The molecule has 0 bridgehead atoms. The summed E-state index contributed by atoms with van der Waals surface area (Å²) in [6.45, 7) is 3.95. The Bertz CT molecular complexity index is 1080. The van der Waals surface area contributed by atoms with Crippen LogP contribution in [0, 0.1) is 13.8 Å². The number of ether oxygens (including phenoxy) is 1. The van der Waals surface area contributed by atoms with Crippen molar-refractivity contribution < 1.29 is 14.3 Å². The van der Waals surface area contributed by atoms with E-state index in [9.17, 15) is 9.59 Å². The van der Waals surface area contributed by atoms with Gasteiger partial charge < -0.3 is 15.4 Å². The summed E-state index contributed by atoms with van der Waals surface area (Å²) in [5.74, 6) is 0.249. The normalized spacial score (nSPS) is 12.9. The Labute approximate surface area is 156 Å². The number of amides is 2. The molecule has 1 aliphatic heterocycles. The molecular weight excluding hydrogens is 342 g/mol. The van der Waals surface area contributed by atoms with Gasteiger partial charge in [0.2, 0.25) is 5.91 Å². The summed E-state index contributed by atoms with van der Waals surface area (Å²) < 4.78 is 5.33. The molecule has 2 amide bonds. The molecule has 0 fully saturated rings. The zero-order chi connectivity index (χ0) is 19.0. The minimum Gasteiger partial charge on any atom is -0.482 e. The summed E-state index contributed by atoms with van der Waals surface area (Å²) in [6.07, 6.45) is 0.232. The second-order valence-corrected chi connectivity index (χ2v) is 6.59.